The van der Waals surface area contributed by atoms with E-state index in [1.807, 2.05) is 43.5 Å². The monoisotopic (exact) mass is 575 g/mol. The lowest BCUT2D eigenvalue weighted by Crippen LogP contribution is -2.14. The second-order valence-electron chi connectivity index (χ2n) is 7.10. The Morgan fingerprint density at radius 1 is 0.857 bits per heavy atom. The topological polar surface area (TPSA) is 137 Å². The van der Waals surface area contributed by atoms with Crippen LogP contribution in [0.4, 0.5) is 0 Å². The van der Waals surface area contributed by atoms with E-state index in [1.54, 1.807) is 30.7 Å². The smallest absolute Gasteiger partial charge is 0.442 e. The van der Waals surface area contributed by atoms with Crippen LogP contribution in [0.5, 0.6) is 5.06 Å². The van der Waals surface area contributed by atoms with E-state index in [-0.39, 0.29) is 5.30 Å². The second kappa shape index (κ2) is 13.3. The Bertz CT molecular complexity index is 1170. The van der Waals surface area contributed by atoms with Gasteiger partial charge in [-0.05, 0) is 61.2 Å². The molecule has 0 fully saturated rings. The Morgan fingerprint density at radius 2 is 1.46 bits per heavy atom. The molecule has 0 bridgehead atoms. The first kappa shape index (κ1) is 28.2. The SMILES string of the molecule is Cc1ccc([P+](O)(O)O)c(SCc2ccco2)c1SCc1ccco1.Cc1ccsc1OP(O)O. The van der Waals surface area contributed by atoms with Gasteiger partial charge in [-0.2, -0.15) is 14.7 Å². The number of rotatable bonds is 9. The minimum absolute atomic E-state index is 0.164. The highest BCUT2D eigenvalue weighted by Gasteiger charge is 2.38. The van der Waals surface area contributed by atoms with Gasteiger partial charge in [0.05, 0.1) is 28.9 Å². The number of hydrogen-bond donors (Lipinski definition) is 5. The predicted molar refractivity (Wildman–Crippen MR) is 142 cm³/mol. The third-order valence-corrected chi connectivity index (χ3v) is 9.51. The fourth-order valence-electron chi connectivity index (χ4n) is 2.81. The van der Waals surface area contributed by atoms with Gasteiger partial charge in [-0.15, -0.1) is 34.9 Å². The Morgan fingerprint density at radius 3 is 1.91 bits per heavy atom. The van der Waals surface area contributed by atoms with Crippen molar-refractivity contribution >= 4 is 56.7 Å². The molecule has 35 heavy (non-hydrogen) atoms. The second-order valence-corrected chi connectivity index (χ2v) is 12.3. The maximum Gasteiger partial charge on any atom is 0.442 e. The zero-order valence-electron chi connectivity index (χ0n) is 18.8. The molecule has 13 heteroatoms. The van der Waals surface area contributed by atoms with Gasteiger partial charge < -0.3 is 23.1 Å². The Hall–Kier alpha value is -1.36. The Balaban J connectivity index is 0.000000287. The molecule has 5 N–H and O–H groups in total. The molecule has 0 aliphatic rings. The number of thiophene rings is 1. The molecular weight excluding hydrogens is 550 g/mol. The average Bonchev–Trinajstić information content (AvgIpc) is 3.55. The molecule has 0 amide bonds. The standard InChI is InChI=1S/C17H18O5PS2.C5H7O3PS/c1-12-6-7-15(23(18,19)20)17(25-11-14-5-3-9-22-14)16(12)24-10-13-4-2-8-21-13;1-4-2-3-10-5(4)8-9(6)7/h2-9,18-20H,10-11H2,1H3;2-3,6-7H,1H3/q+1;. The van der Waals surface area contributed by atoms with E-state index in [1.165, 1.54) is 34.9 Å². The molecule has 0 aliphatic carbocycles. The summed E-state index contributed by atoms with van der Waals surface area (Å²) in [6.07, 6.45) is 3.22. The lowest BCUT2D eigenvalue weighted by atomic mass is 10.2. The molecule has 188 valence electrons. The van der Waals surface area contributed by atoms with Crippen LogP contribution in [0.2, 0.25) is 0 Å². The molecule has 0 saturated carbocycles. The van der Waals surface area contributed by atoms with Crippen LogP contribution in [-0.2, 0) is 11.5 Å². The first-order valence-corrected chi connectivity index (χ1v) is 15.7. The molecule has 0 unspecified atom stereocenters. The van der Waals surface area contributed by atoms with Crippen LogP contribution in [0.15, 0.2) is 79.0 Å². The van der Waals surface area contributed by atoms with E-state index in [2.05, 4.69) is 4.52 Å². The van der Waals surface area contributed by atoms with E-state index >= 15 is 0 Å². The van der Waals surface area contributed by atoms with Gasteiger partial charge in [0.2, 0.25) is 0 Å². The summed E-state index contributed by atoms with van der Waals surface area (Å²) < 4.78 is 15.4. The minimum Gasteiger partial charge on any atom is -0.468 e. The summed E-state index contributed by atoms with van der Waals surface area (Å²) in [5.74, 6) is 2.74. The number of hydrogen-bond acceptors (Lipinski definition) is 11. The van der Waals surface area contributed by atoms with Gasteiger partial charge in [-0.1, -0.05) is 6.07 Å². The number of thioether (sulfide) groups is 2. The van der Waals surface area contributed by atoms with Gasteiger partial charge in [0.15, 0.2) is 10.4 Å². The molecule has 4 aromatic rings. The number of aryl methyl sites for hydroxylation is 2. The molecule has 0 radical (unpaired) electrons. The summed E-state index contributed by atoms with van der Waals surface area (Å²) in [6, 6.07) is 12.6. The van der Waals surface area contributed by atoms with Crippen molar-refractivity contribution in [3.8, 4) is 5.06 Å². The summed E-state index contributed by atoms with van der Waals surface area (Å²) in [6.45, 7) is 3.81. The van der Waals surface area contributed by atoms with Crippen molar-refractivity contribution < 1.29 is 37.8 Å². The highest BCUT2D eigenvalue weighted by atomic mass is 32.2. The van der Waals surface area contributed by atoms with Crippen LogP contribution in [0.25, 0.3) is 0 Å². The van der Waals surface area contributed by atoms with Gasteiger partial charge in [0.25, 0.3) is 0 Å². The van der Waals surface area contributed by atoms with E-state index < -0.39 is 16.5 Å². The maximum absolute atomic E-state index is 9.85. The van der Waals surface area contributed by atoms with E-state index in [4.69, 9.17) is 18.6 Å². The summed E-state index contributed by atoms with van der Waals surface area (Å²) in [5, 5.41) is 2.58. The van der Waals surface area contributed by atoms with E-state index in [0.29, 0.717) is 21.5 Å². The largest absolute Gasteiger partial charge is 0.468 e. The van der Waals surface area contributed by atoms with Gasteiger partial charge >= 0.3 is 16.5 Å². The molecule has 1 aromatic carbocycles. The number of benzene rings is 1. The first-order chi connectivity index (χ1) is 16.6. The third-order valence-electron chi connectivity index (χ3n) is 4.47. The van der Waals surface area contributed by atoms with Crippen LogP contribution in [-0.4, -0.2) is 24.5 Å². The van der Waals surface area contributed by atoms with Crippen molar-refractivity contribution in [2.45, 2.75) is 35.1 Å². The fourth-order valence-corrected chi connectivity index (χ4v) is 7.72. The highest BCUT2D eigenvalue weighted by Crippen LogP contribution is 2.49. The van der Waals surface area contributed by atoms with Crippen molar-refractivity contribution in [3.63, 3.8) is 0 Å². The summed E-state index contributed by atoms with van der Waals surface area (Å²) >= 11 is 4.30. The quantitative estimate of drug-likeness (QED) is 0.123. The first-order valence-electron chi connectivity index (χ1n) is 10.1. The van der Waals surface area contributed by atoms with Crippen LogP contribution < -0.4 is 9.83 Å². The van der Waals surface area contributed by atoms with E-state index in [0.717, 1.165) is 27.5 Å². The zero-order valence-corrected chi connectivity index (χ0v) is 23.0. The van der Waals surface area contributed by atoms with Crippen LogP contribution >= 0.6 is 51.4 Å². The highest BCUT2D eigenvalue weighted by molar-refractivity contribution is 8.02. The molecule has 0 spiro atoms. The van der Waals surface area contributed by atoms with Gasteiger partial charge in [-0.25, -0.2) is 0 Å². The zero-order chi connectivity index (χ0) is 25.4. The lowest BCUT2D eigenvalue weighted by molar-refractivity contribution is 0.346. The lowest BCUT2D eigenvalue weighted by Gasteiger charge is -2.15. The fraction of sp³-hybridized carbons (Fsp3) is 0.182. The molecule has 8 nitrogen and oxygen atoms in total. The van der Waals surface area contributed by atoms with E-state index in [9.17, 15) is 14.7 Å². The third kappa shape index (κ3) is 8.61. The molecular formula is C22H25O8P2S3+. The number of furan rings is 2. The molecule has 3 heterocycles. The van der Waals surface area contributed by atoms with Crippen LogP contribution in [0.3, 0.4) is 0 Å². The molecule has 4 rings (SSSR count). The summed E-state index contributed by atoms with van der Waals surface area (Å²) in [5.41, 5.74) is 1.93. The summed E-state index contributed by atoms with van der Waals surface area (Å²) in [7, 11) is -6.39. The molecule has 0 aliphatic heterocycles. The maximum atomic E-state index is 9.85. The van der Waals surface area contributed by atoms with Crippen LogP contribution in [0.1, 0.15) is 22.6 Å². The molecule has 0 atom stereocenters. The van der Waals surface area contributed by atoms with Crippen molar-refractivity contribution in [1.82, 2.24) is 0 Å². The molecule has 0 saturated heterocycles. The molecule has 3 aromatic heterocycles. The minimum atomic E-state index is -4.13. The average molecular weight is 576 g/mol. The normalized spacial score (nSPS) is 11.4. The van der Waals surface area contributed by atoms with Crippen molar-refractivity contribution in [2.75, 3.05) is 0 Å². The van der Waals surface area contributed by atoms with Gasteiger partial charge in [0, 0.05) is 10.5 Å². The van der Waals surface area contributed by atoms with Crippen LogP contribution in [0, 0.1) is 13.8 Å². The van der Waals surface area contributed by atoms with Gasteiger partial charge in [-0.3, -0.25) is 0 Å². The Kier molecular flexibility index (Phi) is 10.7. The van der Waals surface area contributed by atoms with Crippen molar-refractivity contribution in [2.24, 2.45) is 0 Å². The van der Waals surface area contributed by atoms with Crippen molar-refractivity contribution in [1.29, 1.82) is 0 Å². The Labute approximate surface area is 217 Å². The van der Waals surface area contributed by atoms with Gasteiger partial charge in [0.1, 0.15) is 11.5 Å². The predicted octanol–water partition coefficient (Wildman–Crippen LogP) is 5.78. The summed E-state index contributed by atoms with van der Waals surface area (Å²) in [4.78, 5) is 48.0. The van der Waals surface area contributed by atoms with Crippen molar-refractivity contribution in [3.05, 3.63) is 83.0 Å².